The van der Waals surface area contributed by atoms with Crippen LogP contribution < -0.4 is 0 Å². The third-order valence-electron chi connectivity index (χ3n) is 3.33. The van der Waals surface area contributed by atoms with Crippen LogP contribution in [0.5, 0.6) is 0 Å². The largest absolute Gasteiger partial charge is 0.308 e. The summed E-state index contributed by atoms with van der Waals surface area (Å²) in [4.78, 5) is 2.24. The predicted molar refractivity (Wildman–Crippen MR) is 95.4 cm³/mol. The lowest BCUT2D eigenvalue weighted by Gasteiger charge is -2.18. The van der Waals surface area contributed by atoms with Gasteiger partial charge in [-0.25, -0.2) is 0 Å². The molecule has 0 aliphatic carbocycles. The van der Waals surface area contributed by atoms with Gasteiger partial charge in [0.05, 0.1) is 0 Å². The molecule has 0 spiro atoms. The molecular weight excluding hydrogens is 256 g/mol. The number of allylic oxidation sites excluding steroid dienone is 2. The molecule has 1 rings (SSSR count). The summed E-state index contributed by atoms with van der Waals surface area (Å²) in [7, 11) is 2.09. The van der Waals surface area contributed by atoms with E-state index in [1.54, 1.807) is 0 Å². The average Bonchev–Trinajstić information content (AvgIpc) is 2.53. The van der Waals surface area contributed by atoms with E-state index in [1.807, 2.05) is 26.8 Å². The van der Waals surface area contributed by atoms with Crippen LogP contribution in [0.2, 0.25) is 0 Å². The van der Waals surface area contributed by atoms with Crippen molar-refractivity contribution in [3.8, 4) is 0 Å². The molecule has 0 radical (unpaired) electrons. The van der Waals surface area contributed by atoms with E-state index in [2.05, 4.69) is 49.7 Å². The van der Waals surface area contributed by atoms with E-state index in [9.17, 15) is 0 Å². The molecule has 0 amide bonds. The number of nitrogens with one attached hydrogen (secondary N) is 1. The van der Waals surface area contributed by atoms with Gasteiger partial charge in [-0.3, -0.25) is 0 Å². The smallest absolute Gasteiger partial charge is 0.0248 e. The van der Waals surface area contributed by atoms with Gasteiger partial charge in [-0.15, -0.1) is 0 Å². The van der Waals surface area contributed by atoms with Crippen molar-refractivity contribution in [2.24, 2.45) is 0 Å². The first-order chi connectivity index (χ1) is 10.1. The number of hydrogen-bond donors (Lipinski definition) is 1. The lowest BCUT2D eigenvalue weighted by Crippen LogP contribution is -2.24. The molecule has 2 heteroatoms. The highest BCUT2D eigenvalue weighted by Gasteiger charge is 2.03. The molecule has 21 heavy (non-hydrogen) atoms. The zero-order valence-corrected chi connectivity index (χ0v) is 14.2. The van der Waals surface area contributed by atoms with Crippen molar-refractivity contribution >= 4 is 6.21 Å². The summed E-state index contributed by atoms with van der Waals surface area (Å²) in [5, 5.41) is 7.45. The Labute approximate surface area is 130 Å². The average molecular weight is 286 g/mol. The third-order valence-corrected chi connectivity index (χ3v) is 3.33. The summed E-state index contributed by atoms with van der Waals surface area (Å²) in [5.74, 6) is 0. The van der Waals surface area contributed by atoms with Crippen LogP contribution in [0.3, 0.4) is 0 Å². The van der Waals surface area contributed by atoms with Crippen LogP contribution in [0.15, 0.2) is 48.1 Å². The fourth-order valence-electron chi connectivity index (χ4n) is 1.86. The number of aryl methyl sites for hydroxylation is 1. The summed E-state index contributed by atoms with van der Waals surface area (Å²) in [6.45, 7) is 13.7. The van der Waals surface area contributed by atoms with Crippen LogP contribution >= 0.6 is 0 Å². The highest BCUT2D eigenvalue weighted by Crippen LogP contribution is 2.07. The van der Waals surface area contributed by atoms with E-state index in [1.165, 1.54) is 17.3 Å². The number of rotatable bonds is 7. The maximum Gasteiger partial charge on any atom is 0.0248 e. The minimum Gasteiger partial charge on any atom is -0.308 e. The van der Waals surface area contributed by atoms with E-state index < -0.39 is 0 Å². The Balaban J connectivity index is 0.00000191. The van der Waals surface area contributed by atoms with Crippen LogP contribution in [0.4, 0.5) is 0 Å². The maximum atomic E-state index is 7.45. The topological polar surface area (TPSA) is 27.1 Å². The maximum absolute atomic E-state index is 7.45. The monoisotopic (exact) mass is 286 g/mol. The van der Waals surface area contributed by atoms with Gasteiger partial charge in [-0.05, 0) is 44.0 Å². The lowest BCUT2D eigenvalue weighted by atomic mass is 10.1. The van der Waals surface area contributed by atoms with Crippen molar-refractivity contribution in [2.45, 2.75) is 34.1 Å². The molecule has 0 unspecified atom stereocenters. The first-order valence-corrected chi connectivity index (χ1v) is 7.63. The van der Waals surface area contributed by atoms with Gasteiger partial charge in [-0.2, -0.15) is 0 Å². The molecule has 1 aromatic rings. The Morgan fingerprint density at radius 2 is 1.81 bits per heavy atom. The van der Waals surface area contributed by atoms with E-state index in [0.29, 0.717) is 0 Å². The molecule has 0 bridgehead atoms. The van der Waals surface area contributed by atoms with Crippen molar-refractivity contribution in [3.05, 3.63) is 59.2 Å². The zero-order chi connectivity index (χ0) is 16.3. The molecule has 2 nitrogen and oxygen atoms in total. The van der Waals surface area contributed by atoms with Gasteiger partial charge in [-0.1, -0.05) is 56.3 Å². The molecule has 0 saturated carbocycles. The molecule has 0 aliphatic rings. The molecule has 0 fully saturated rings. The standard InChI is InChI=1S/C17H24N2.C2H6/c1-5-15(3)17(12-18)13-19(4)11-10-16-8-6-14(2)7-9-16;1-2/h5-9,12,18H,1,10-11,13H2,2-4H3;1-2H3/b17-15+,18-12?;. The summed E-state index contributed by atoms with van der Waals surface area (Å²) < 4.78 is 0. The lowest BCUT2D eigenvalue weighted by molar-refractivity contribution is 0.371. The predicted octanol–water partition coefficient (Wildman–Crippen LogP) is 4.65. The highest BCUT2D eigenvalue weighted by atomic mass is 15.1. The van der Waals surface area contributed by atoms with Crippen LogP contribution in [0.25, 0.3) is 0 Å². The van der Waals surface area contributed by atoms with E-state index in [4.69, 9.17) is 5.41 Å². The number of benzene rings is 1. The molecule has 116 valence electrons. The van der Waals surface area contributed by atoms with Crippen LogP contribution in [0.1, 0.15) is 31.9 Å². The molecule has 1 N–H and O–H groups in total. The summed E-state index contributed by atoms with van der Waals surface area (Å²) in [6.07, 6.45) is 4.28. The summed E-state index contributed by atoms with van der Waals surface area (Å²) in [6, 6.07) is 8.68. The van der Waals surface area contributed by atoms with Gasteiger partial charge in [0.2, 0.25) is 0 Å². The van der Waals surface area contributed by atoms with Crippen molar-refractivity contribution in [2.75, 3.05) is 20.1 Å². The first kappa shape index (κ1) is 19.3. The van der Waals surface area contributed by atoms with Gasteiger partial charge in [0.15, 0.2) is 0 Å². The number of nitrogens with zero attached hydrogens (tertiary/aromatic N) is 1. The summed E-state index contributed by atoms with van der Waals surface area (Å²) >= 11 is 0. The SMILES string of the molecule is C=C/C(C)=C(\C=N)CN(C)CCc1ccc(C)cc1.CC. The molecule has 0 heterocycles. The fourth-order valence-corrected chi connectivity index (χ4v) is 1.86. The second-order valence-electron chi connectivity index (χ2n) is 5.03. The second-order valence-corrected chi connectivity index (χ2v) is 5.03. The molecular formula is C19H30N2. The van der Waals surface area contributed by atoms with Crippen molar-refractivity contribution in [1.82, 2.24) is 4.90 Å². The van der Waals surface area contributed by atoms with Gasteiger partial charge in [0, 0.05) is 19.3 Å². The van der Waals surface area contributed by atoms with Gasteiger partial charge in [0.25, 0.3) is 0 Å². The summed E-state index contributed by atoms with van der Waals surface area (Å²) in [5.41, 5.74) is 4.77. The van der Waals surface area contributed by atoms with E-state index in [0.717, 1.165) is 30.7 Å². The molecule has 0 atom stereocenters. The van der Waals surface area contributed by atoms with Crippen LogP contribution in [0, 0.1) is 12.3 Å². The molecule has 0 aliphatic heterocycles. The van der Waals surface area contributed by atoms with Gasteiger partial charge >= 0.3 is 0 Å². The molecule has 1 aromatic carbocycles. The van der Waals surface area contributed by atoms with Crippen molar-refractivity contribution < 1.29 is 0 Å². The van der Waals surface area contributed by atoms with Gasteiger partial charge in [0.1, 0.15) is 0 Å². The minimum absolute atomic E-state index is 0.799. The van der Waals surface area contributed by atoms with E-state index in [-0.39, 0.29) is 0 Å². The third kappa shape index (κ3) is 7.62. The van der Waals surface area contributed by atoms with Gasteiger partial charge < -0.3 is 10.3 Å². The van der Waals surface area contributed by atoms with E-state index >= 15 is 0 Å². The van der Waals surface area contributed by atoms with Crippen LogP contribution in [-0.4, -0.2) is 31.3 Å². The molecule has 0 aromatic heterocycles. The zero-order valence-electron chi connectivity index (χ0n) is 14.2. The Bertz CT molecular complexity index is 455. The first-order valence-electron chi connectivity index (χ1n) is 7.63. The number of hydrogen-bond acceptors (Lipinski definition) is 2. The normalized spacial score (nSPS) is 11.3. The Morgan fingerprint density at radius 3 is 2.29 bits per heavy atom. The van der Waals surface area contributed by atoms with Crippen LogP contribution in [-0.2, 0) is 6.42 Å². The van der Waals surface area contributed by atoms with Crippen molar-refractivity contribution in [3.63, 3.8) is 0 Å². The fraction of sp³-hybridized carbons (Fsp3) is 0.421. The quantitative estimate of drug-likeness (QED) is 0.573. The van der Waals surface area contributed by atoms with Crippen molar-refractivity contribution in [1.29, 1.82) is 5.41 Å². The second kappa shape index (κ2) is 11.0. The Hall–Kier alpha value is -1.67. The Kier molecular flexibility index (Phi) is 10.2. The molecule has 0 saturated heterocycles. The number of likely N-dealkylation sites (N-methyl/N-ethyl adjacent to an activating group) is 1. The Morgan fingerprint density at radius 1 is 1.24 bits per heavy atom. The minimum atomic E-state index is 0.799. The highest BCUT2D eigenvalue weighted by molar-refractivity contribution is 5.78.